The van der Waals surface area contributed by atoms with Crippen LogP contribution in [0, 0.1) is 27.7 Å². The third-order valence-corrected chi connectivity index (χ3v) is 4.48. The van der Waals surface area contributed by atoms with E-state index in [0.29, 0.717) is 17.7 Å². The Kier molecular flexibility index (Phi) is 5.97. The predicted molar refractivity (Wildman–Crippen MR) is 101 cm³/mol. The summed E-state index contributed by atoms with van der Waals surface area (Å²) < 4.78 is 0. The summed E-state index contributed by atoms with van der Waals surface area (Å²) in [6, 6.07) is 11.1. The van der Waals surface area contributed by atoms with Gasteiger partial charge in [0.15, 0.2) is 0 Å². The Morgan fingerprint density at radius 3 is 1.76 bits per heavy atom. The zero-order valence-electron chi connectivity index (χ0n) is 15.6. The predicted octanol–water partition coefficient (Wildman–Crippen LogP) is 3.47. The molecule has 25 heavy (non-hydrogen) atoms. The Hall–Kier alpha value is -2.62. The topological polar surface area (TPSA) is 58.2 Å². The highest BCUT2D eigenvalue weighted by Gasteiger charge is 2.12. The van der Waals surface area contributed by atoms with E-state index in [1.54, 1.807) is 0 Å². The number of carbonyl (C=O) groups excluding carboxylic acids is 2. The molecule has 1 atom stereocenters. The molecule has 4 nitrogen and oxygen atoms in total. The minimum Gasteiger partial charge on any atom is -0.350 e. The molecule has 2 amide bonds. The first kappa shape index (κ1) is 18.7. The fourth-order valence-electron chi connectivity index (χ4n) is 2.47. The van der Waals surface area contributed by atoms with Crippen LogP contribution in [0.1, 0.15) is 49.9 Å². The maximum Gasteiger partial charge on any atom is 0.251 e. The van der Waals surface area contributed by atoms with Crippen LogP contribution in [-0.2, 0) is 0 Å². The summed E-state index contributed by atoms with van der Waals surface area (Å²) >= 11 is 0. The molecular formula is C21H26N2O2. The molecule has 0 aliphatic carbocycles. The number of hydrogen-bond acceptors (Lipinski definition) is 2. The molecule has 0 fully saturated rings. The Morgan fingerprint density at radius 2 is 1.28 bits per heavy atom. The average molecular weight is 338 g/mol. The third-order valence-electron chi connectivity index (χ3n) is 4.48. The van der Waals surface area contributed by atoms with Gasteiger partial charge in [-0.05, 0) is 81.1 Å². The van der Waals surface area contributed by atoms with Crippen LogP contribution in [0.15, 0.2) is 36.4 Å². The van der Waals surface area contributed by atoms with Crippen molar-refractivity contribution in [2.75, 3.05) is 6.54 Å². The van der Waals surface area contributed by atoms with Crippen LogP contribution in [0.3, 0.4) is 0 Å². The second-order valence-corrected chi connectivity index (χ2v) is 6.68. The van der Waals surface area contributed by atoms with E-state index in [0.717, 1.165) is 22.3 Å². The van der Waals surface area contributed by atoms with Crippen molar-refractivity contribution in [1.82, 2.24) is 10.6 Å². The molecule has 2 aromatic rings. The number of amides is 2. The van der Waals surface area contributed by atoms with Gasteiger partial charge < -0.3 is 10.6 Å². The molecule has 0 radical (unpaired) electrons. The summed E-state index contributed by atoms with van der Waals surface area (Å²) in [5.41, 5.74) is 5.76. The molecular weight excluding hydrogens is 312 g/mol. The number of hydrogen-bond donors (Lipinski definition) is 2. The van der Waals surface area contributed by atoms with Gasteiger partial charge in [0.2, 0.25) is 0 Å². The number of carbonyl (C=O) groups is 2. The lowest BCUT2D eigenvalue weighted by molar-refractivity contribution is 0.0912. The van der Waals surface area contributed by atoms with E-state index < -0.39 is 0 Å². The molecule has 2 rings (SSSR count). The Labute approximate surface area is 149 Å². The standard InChI is InChI=1S/C21H26N2O2/c1-13-6-8-18(10-15(13)3)20(24)22-12-17(5)23-21(25)19-9-7-14(2)16(4)11-19/h6-11,17H,12H2,1-5H3,(H,22,24)(H,23,25)/t17-/m1/s1. The lowest BCUT2D eigenvalue weighted by Gasteiger charge is -2.15. The van der Waals surface area contributed by atoms with Crippen molar-refractivity contribution in [2.45, 2.75) is 40.7 Å². The van der Waals surface area contributed by atoms with E-state index >= 15 is 0 Å². The average Bonchev–Trinajstić information content (AvgIpc) is 2.57. The highest BCUT2D eigenvalue weighted by atomic mass is 16.2. The van der Waals surface area contributed by atoms with Gasteiger partial charge in [0.25, 0.3) is 11.8 Å². The van der Waals surface area contributed by atoms with Gasteiger partial charge in [0, 0.05) is 23.7 Å². The number of nitrogens with one attached hydrogen (secondary N) is 2. The van der Waals surface area contributed by atoms with Gasteiger partial charge in [-0.1, -0.05) is 12.1 Å². The molecule has 0 aliphatic rings. The van der Waals surface area contributed by atoms with Crippen LogP contribution >= 0.6 is 0 Å². The minimum atomic E-state index is -0.162. The van der Waals surface area contributed by atoms with Gasteiger partial charge in [-0.15, -0.1) is 0 Å². The van der Waals surface area contributed by atoms with Crippen molar-refractivity contribution < 1.29 is 9.59 Å². The van der Waals surface area contributed by atoms with E-state index in [-0.39, 0.29) is 17.9 Å². The molecule has 2 aromatic carbocycles. The zero-order chi connectivity index (χ0) is 18.6. The summed E-state index contributed by atoms with van der Waals surface area (Å²) in [7, 11) is 0. The van der Waals surface area contributed by atoms with Gasteiger partial charge >= 0.3 is 0 Å². The number of rotatable bonds is 5. The van der Waals surface area contributed by atoms with E-state index in [2.05, 4.69) is 10.6 Å². The lowest BCUT2D eigenvalue weighted by Crippen LogP contribution is -2.41. The summed E-state index contributed by atoms with van der Waals surface area (Å²) in [4.78, 5) is 24.5. The van der Waals surface area contributed by atoms with E-state index in [1.165, 1.54) is 0 Å². The highest BCUT2D eigenvalue weighted by Crippen LogP contribution is 2.11. The molecule has 4 heteroatoms. The second kappa shape index (κ2) is 7.97. The van der Waals surface area contributed by atoms with Crippen molar-refractivity contribution in [3.05, 3.63) is 69.8 Å². The minimum absolute atomic E-state index is 0.129. The summed E-state index contributed by atoms with van der Waals surface area (Å²) in [6.45, 7) is 10.3. The van der Waals surface area contributed by atoms with Gasteiger partial charge in [0.05, 0.1) is 0 Å². The molecule has 132 valence electrons. The SMILES string of the molecule is Cc1ccc(C(=O)NC[C@@H](C)NC(=O)c2ccc(C)c(C)c2)cc1C. The van der Waals surface area contributed by atoms with Gasteiger partial charge in [-0.25, -0.2) is 0 Å². The molecule has 2 N–H and O–H groups in total. The first-order chi connectivity index (χ1) is 11.8. The van der Waals surface area contributed by atoms with Crippen molar-refractivity contribution in [3.8, 4) is 0 Å². The van der Waals surface area contributed by atoms with Crippen molar-refractivity contribution in [3.63, 3.8) is 0 Å². The van der Waals surface area contributed by atoms with Gasteiger partial charge in [-0.2, -0.15) is 0 Å². The Balaban J connectivity index is 1.90. The van der Waals surface area contributed by atoms with Gasteiger partial charge in [0.1, 0.15) is 0 Å². The molecule has 0 saturated carbocycles. The fraction of sp³-hybridized carbons (Fsp3) is 0.333. The van der Waals surface area contributed by atoms with Gasteiger partial charge in [-0.3, -0.25) is 9.59 Å². The summed E-state index contributed by atoms with van der Waals surface area (Å²) in [6.07, 6.45) is 0. The van der Waals surface area contributed by atoms with Crippen LogP contribution in [0.4, 0.5) is 0 Å². The third kappa shape index (κ3) is 4.92. The smallest absolute Gasteiger partial charge is 0.251 e. The highest BCUT2D eigenvalue weighted by molar-refractivity contribution is 5.95. The van der Waals surface area contributed by atoms with Crippen molar-refractivity contribution in [2.24, 2.45) is 0 Å². The molecule has 0 heterocycles. The molecule has 0 aromatic heterocycles. The van der Waals surface area contributed by atoms with Crippen LogP contribution in [0.5, 0.6) is 0 Å². The van der Waals surface area contributed by atoms with E-state index in [1.807, 2.05) is 71.0 Å². The van der Waals surface area contributed by atoms with Crippen LogP contribution in [0.25, 0.3) is 0 Å². The number of aryl methyl sites for hydroxylation is 4. The zero-order valence-corrected chi connectivity index (χ0v) is 15.6. The van der Waals surface area contributed by atoms with E-state index in [9.17, 15) is 9.59 Å². The maximum absolute atomic E-state index is 12.3. The quantitative estimate of drug-likeness (QED) is 0.877. The Bertz CT molecular complexity index is 796. The molecule has 0 bridgehead atoms. The molecule has 0 unspecified atom stereocenters. The Morgan fingerprint density at radius 1 is 0.800 bits per heavy atom. The van der Waals surface area contributed by atoms with Crippen LogP contribution < -0.4 is 10.6 Å². The summed E-state index contributed by atoms with van der Waals surface area (Å²) in [5, 5.41) is 5.79. The largest absolute Gasteiger partial charge is 0.350 e. The first-order valence-electron chi connectivity index (χ1n) is 8.51. The van der Waals surface area contributed by atoms with Crippen molar-refractivity contribution >= 4 is 11.8 Å². The summed E-state index contributed by atoms with van der Waals surface area (Å²) in [5.74, 6) is -0.258. The maximum atomic E-state index is 12.3. The molecule has 0 saturated heterocycles. The fourth-order valence-corrected chi connectivity index (χ4v) is 2.47. The van der Waals surface area contributed by atoms with E-state index in [4.69, 9.17) is 0 Å². The number of benzene rings is 2. The molecule has 0 spiro atoms. The van der Waals surface area contributed by atoms with Crippen LogP contribution in [0.2, 0.25) is 0 Å². The monoisotopic (exact) mass is 338 g/mol. The second-order valence-electron chi connectivity index (χ2n) is 6.68. The lowest BCUT2D eigenvalue weighted by atomic mass is 10.1. The van der Waals surface area contributed by atoms with Crippen LogP contribution in [-0.4, -0.2) is 24.4 Å². The van der Waals surface area contributed by atoms with Crippen molar-refractivity contribution in [1.29, 1.82) is 0 Å². The molecule has 0 aliphatic heterocycles. The normalized spacial score (nSPS) is 11.7. The first-order valence-corrected chi connectivity index (χ1v) is 8.51.